The van der Waals surface area contributed by atoms with Gasteiger partial charge in [-0.3, -0.25) is 0 Å². The summed E-state index contributed by atoms with van der Waals surface area (Å²) in [7, 11) is 1.38. The molecule has 0 atom stereocenters. The Labute approximate surface area is 141 Å². The summed E-state index contributed by atoms with van der Waals surface area (Å²) < 4.78 is 4.73. The smallest absolute Gasteiger partial charge is 0.337 e. The number of aromatic nitrogens is 1. The molecule has 2 aromatic carbocycles. The van der Waals surface area contributed by atoms with Gasteiger partial charge in [0, 0.05) is 24.2 Å². The summed E-state index contributed by atoms with van der Waals surface area (Å²) in [5.74, 6) is -0.330. The molecule has 2 N–H and O–H groups in total. The van der Waals surface area contributed by atoms with Gasteiger partial charge in [0.05, 0.1) is 23.7 Å². The number of hydrogen-bond acceptors (Lipinski definition) is 3. The van der Waals surface area contributed by atoms with E-state index in [2.05, 4.69) is 42.3 Å². The number of H-pyrrole nitrogens is 1. The number of carbonyl (C=O) groups is 1. The van der Waals surface area contributed by atoms with Crippen LogP contribution in [0.1, 0.15) is 27.2 Å². The van der Waals surface area contributed by atoms with E-state index in [9.17, 15) is 4.79 Å². The number of rotatable bonds is 3. The van der Waals surface area contributed by atoms with Gasteiger partial charge in [-0.2, -0.15) is 0 Å². The maximum Gasteiger partial charge on any atom is 0.337 e. The highest BCUT2D eigenvalue weighted by molar-refractivity contribution is 5.94. The van der Waals surface area contributed by atoms with Crippen molar-refractivity contribution in [3.8, 4) is 0 Å². The highest BCUT2D eigenvalue weighted by Gasteiger charge is 2.13. The monoisotopic (exact) mass is 321 g/mol. The van der Waals surface area contributed by atoms with Crippen LogP contribution in [0.3, 0.4) is 0 Å². The molecule has 0 aliphatic rings. The van der Waals surface area contributed by atoms with Gasteiger partial charge >= 0.3 is 5.97 Å². The molecule has 4 heteroatoms. The molecule has 0 spiro atoms. The minimum absolute atomic E-state index is 0.330. The third-order valence-corrected chi connectivity index (χ3v) is 4.04. The Kier molecular flexibility index (Phi) is 4.21. The first-order chi connectivity index (χ1) is 11.5. The van der Waals surface area contributed by atoms with Gasteiger partial charge in [-0.15, -0.1) is 0 Å². The lowest BCUT2D eigenvalue weighted by molar-refractivity contribution is -0.354. The normalized spacial score (nSPS) is 10.7. The van der Waals surface area contributed by atoms with E-state index in [0.29, 0.717) is 5.56 Å². The molecule has 3 rings (SSSR count). The summed E-state index contributed by atoms with van der Waals surface area (Å²) in [6.45, 7) is 6.26. The third-order valence-electron chi connectivity index (χ3n) is 4.04. The predicted octanol–water partition coefficient (Wildman–Crippen LogP) is 4.11. The van der Waals surface area contributed by atoms with Crippen LogP contribution < -0.4 is 10.3 Å². The molecule has 4 nitrogen and oxygen atoms in total. The molecule has 0 aliphatic carbocycles. The fraction of sp³-hybridized carbons (Fsp3) is 0.200. The standard InChI is InChI=1S/C20H20N2O2/c1-12-9-13(2)19-17(10-12)18(11-14(3)21-19)22-16-7-5-15(6-8-16)20(23)24-4/h5-11H,1-4H3,(H,21,22)/p+1. The van der Waals surface area contributed by atoms with Crippen LogP contribution >= 0.6 is 0 Å². The second-order valence-electron chi connectivity index (χ2n) is 6.06. The summed E-state index contributed by atoms with van der Waals surface area (Å²) in [4.78, 5) is 15.0. The van der Waals surface area contributed by atoms with Crippen molar-refractivity contribution in [3.63, 3.8) is 0 Å². The second kappa shape index (κ2) is 6.32. The number of pyridine rings is 1. The lowest BCUT2D eigenvalue weighted by Crippen LogP contribution is -2.11. The molecule has 0 saturated heterocycles. The molecule has 0 unspecified atom stereocenters. The van der Waals surface area contributed by atoms with Gasteiger partial charge in [-0.1, -0.05) is 0 Å². The summed E-state index contributed by atoms with van der Waals surface area (Å²) in [6, 6.07) is 13.7. The second-order valence-corrected chi connectivity index (χ2v) is 6.06. The van der Waals surface area contributed by atoms with Gasteiger partial charge in [-0.25, -0.2) is 9.78 Å². The molecule has 0 aliphatic heterocycles. The fourth-order valence-electron chi connectivity index (χ4n) is 2.94. The fourth-order valence-corrected chi connectivity index (χ4v) is 2.94. The Hall–Kier alpha value is -2.88. The Morgan fingerprint density at radius 3 is 2.42 bits per heavy atom. The molecular formula is C20H21N2O2+. The molecular weight excluding hydrogens is 300 g/mol. The quantitative estimate of drug-likeness (QED) is 0.739. The van der Waals surface area contributed by atoms with E-state index in [-0.39, 0.29) is 5.97 Å². The minimum Gasteiger partial charge on any atom is -0.465 e. The van der Waals surface area contributed by atoms with E-state index < -0.39 is 0 Å². The molecule has 0 amide bonds. The van der Waals surface area contributed by atoms with E-state index in [1.165, 1.54) is 18.2 Å². The first-order valence-electron chi connectivity index (χ1n) is 7.87. The summed E-state index contributed by atoms with van der Waals surface area (Å²) >= 11 is 0. The number of hydrogen-bond donors (Lipinski definition) is 1. The molecule has 0 bridgehead atoms. The molecule has 1 aromatic heterocycles. The van der Waals surface area contributed by atoms with E-state index >= 15 is 0 Å². The molecule has 122 valence electrons. The van der Waals surface area contributed by atoms with Gasteiger partial charge < -0.3 is 10.1 Å². The number of anilines is 2. The zero-order valence-electron chi connectivity index (χ0n) is 14.4. The van der Waals surface area contributed by atoms with Crippen molar-refractivity contribution < 1.29 is 14.5 Å². The SMILES string of the molecule is COC(=O)c1ccc(Nc2cc(C)[nH+]c3c(C)cc(C)cc23)cc1. The van der Waals surface area contributed by atoms with E-state index in [0.717, 1.165) is 28.0 Å². The topological polar surface area (TPSA) is 52.5 Å². The van der Waals surface area contributed by atoms with Crippen LogP contribution in [-0.2, 0) is 4.74 Å². The number of methoxy groups -OCH3 is 1. The molecule has 0 radical (unpaired) electrons. The Morgan fingerprint density at radius 2 is 1.75 bits per heavy atom. The number of esters is 1. The maximum absolute atomic E-state index is 11.5. The molecule has 0 saturated carbocycles. The van der Waals surface area contributed by atoms with E-state index in [1.807, 2.05) is 19.1 Å². The van der Waals surface area contributed by atoms with Crippen LogP contribution in [0.25, 0.3) is 10.9 Å². The summed E-state index contributed by atoms with van der Waals surface area (Å²) in [5, 5.41) is 4.60. The third kappa shape index (κ3) is 3.08. The van der Waals surface area contributed by atoms with Crippen molar-refractivity contribution in [2.45, 2.75) is 20.8 Å². The number of aryl methyl sites for hydroxylation is 3. The average molecular weight is 321 g/mol. The number of fused-ring (bicyclic) bond motifs is 1. The van der Waals surface area contributed by atoms with Crippen molar-refractivity contribution >= 4 is 28.2 Å². The molecule has 24 heavy (non-hydrogen) atoms. The Bertz CT molecular complexity index is 915. The molecule has 3 aromatic rings. The Balaban J connectivity index is 2.02. The minimum atomic E-state index is -0.330. The first kappa shape index (κ1) is 16.0. The highest BCUT2D eigenvalue weighted by atomic mass is 16.5. The van der Waals surface area contributed by atoms with Gasteiger partial charge in [0.15, 0.2) is 5.69 Å². The highest BCUT2D eigenvalue weighted by Crippen LogP contribution is 2.27. The van der Waals surface area contributed by atoms with Gasteiger partial charge in [0.1, 0.15) is 0 Å². The summed E-state index contributed by atoms with van der Waals surface area (Å²) in [6.07, 6.45) is 0. The van der Waals surface area contributed by atoms with Gasteiger partial charge in [-0.05, 0) is 55.8 Å². The Morgan fingerprint density at radius 1 is 1.04 bits per heavy atom. The van der Waals surface area contributed by atoms with Crippen molar-refractivity contribution in [3.05, 3.63) is 64.8 Å². The largest absolute Gasteiger partial charge is 0.465 e. The predicted molar refractivity (Wildman–Crippen MR) is 95.8 cm³/mol. The first-order valence-corrected chi connectivity index (χ1v) is 7.87. The lowest BCUT2D eigenvalue weighted by Gasteiger charge is -2.10. The van der Waals surface area contributed by atoms with Crippen LogP contribution in [0, 0.1) is 20.8 Å². The zero-order chi connectivity index (χ0) is 17.3. The number of benzene rings is 2. The molecule has 0 fully saturated rings. The van der Waals surface area contributed by atoms with Crippen LogP contribution in [0.5, 0.6) is 0 Å². The number of aromatic amines is 1. The number of nitrogens with one attached hydrogen (secondary N) is 2. The lowest BCUT2D eigenvalue weighted by atomic mass is 10.0. The summed E-state index contributed by atoms with van der Waals surface area (Å²) in [5.41, 5.74) is 7.17. The number of carbonyl (C=O) groups excluding carboxylic acids is 1. The van der Waals surface area contributed by atoms with E-state index in [1.54, 1.807) is 12.1 Å². The van der Waals surface area contributed by atoms with Crippen LogP contribution in [0.4, 0.5) is 11.4 Å². The van der Waals surface area contributed by atoms with Crippen molar-refractivity contribution in [2.24, 2.45) is 0 Å². The maximum atomic E-state index is 11.5. The van der Waals surface area contributed by atoms with Crippen molar-refractivity contribution in [1.29, 1.82) is 0 Å². The zero-order valence-corrected chi connectivity index (χ0v) is 14.4. The number of ether oxygens (including phenoxy) is 1. The average Bonchev–Trinajstić information content (AvgIpc) is 2.56. The van der Waals surface area contributed by atoms with Crippen LogP contribution in [-0.4, -0.2) is 13.1 Å². The van der Waals surface area contributed by atoms with Gasteiger partial charge in [0.2, 0.25) is 5.52 Å². The molecule has 1 heterocycles. The van der Waals surface area contributed by atoms with Crippen molar-refractivity contribution in [1.82, 2.24) is 0 Å². The van der Waals surface area contributed by atoms with Crippen LogP contribution in [0.2, 0.25) is 0 Å². The van der Waals surface area contributed by atoms with E-state index in [4.69, 9.17) is 4.74 Å². The van der Waals surface area contributed by atoms with Gasteiger partial charge in [0.25, 0.3) is 0 Å². The van der Waals surface area contributed by atoms with Crippen molar-refractivity contribution in [2.75, 3.05) is 12.4 Å². The van der Waals surface area contributed by atoms with Crippen LogP contribution in [0.15, 0.2) is 42.5 Å².